The van der Waals surface area contributed by atoms with Crippen molar-refractivity contribution in [2.24, 2.45) is 5.92 Å². The van der Waals surface area contributed by atoms with Crippen LogP contribution in [0.3, 0.4) is 0 Å². The minimum Gasteiger partial charge on any atom is -0.373 e. The molecule has 2 aromatic rings. The minimum absolute atomic E-state index is 0.0731. The molecule has 1 aliphatic heterocycles. The van der Waals surface area contributed by atoms with Gasteiger partial charge in [-0.05, 0) is 43.9 Å². The number of anilines is 1. The van der Waals surface area contributed by atoms with Gasteiger partial charge in [0.2, 0.25) is 0 Å². The molecule has 0 bridgehead atoms. The third kappa shape index (κ3) is 5.30. The van der Waals surface area contributed by atoms with Gasteiger partial charge in [-0.15, -0.1) is 0 Å². The number of benzene rings is 1. The largest absolute Gasteiger partial charge is 0.373 e. The van der Waals surface area contributed by atoms with E-state index in [-0.39, 0.29) is 12.0 Å². The molecule has 1 amide bonds. The van der Waals surface area contributed by atoms with Gasteiger partial charge in [0.1, 0.15) is 5.82 Å². The van der Waals surface area contributed by atoms with Crippen molar-refractivity contribution >= 4 is 11.7 Å². The van der Waals surface area contributed by atoms with Crippen LogP contribution < -0.4 is 10.6 Å². The molecular weight excluding hydrogens is 338 g/mol. The van der Waals surface area contributed by atoms with E-state index in [4.69, 9.17) is 4.74 Å². The van der Waals surface area contributed by atoms with Crippen molar-refractivity contribution in [3.63, 3.8) is 0 Å². The molecule has 1 aromatic heterocycles. The Balaban J connectivity index is 1.59. The lowest BCUT2D eigenvalue weighted by Crippen LogP contribution is -2.28. The molecule has 2 unspecified atom stereocenters. The van der Waals surface area contributed by atoms with E-state index in [1.54, 1.807) is 6.20 Å². The van der Waals surface area contributed by atoms with Crippen LogP contribution in [0.25, 0.3) is 0 Å². The number of nitrogens with zero attached hydrogens (tertiary/aromatic N) is 1. The molecule has 2 atom stereocenters. The van der Waals surface area contributed by atoms with Crippen LogP contribution in [-0.4, -0.2) is 30.6 Å². The zero-order chi connectivity index (χ0) is 19.1. The molecule has 2 N–H and O–H groups in total. The van der Waals surface area contributed by atoms with Crippen molar-refractivity contribution < 1.29 is 9.53 Å². The van der Waals surface area contributed by atoms with Crippen molar-refractivity contribution in [2.45, 2.75) is 39.2 Å². The molecule has 1 saturated heterocycles. The lowest BCUT2D eigenvalue weighted by molar-refractivity contribution is -0.0238. The number of nitrogens with one attached hydrogen (secondary N) is 2. The van der Waals surface area contributed by atoms with E-state index in [1.807, 2.05) is 19.1 Å². The van der Waals surface area contributed by atoms with Gasteiger partial charge in [0.05, 0.1) is 11.7 Å². The van der Waals surface area contributed by atoms with Gasteiger partial charge in [0.15, 0.2) is 0 Å². The molecule has 0 aliphatic carbocycles. The molecule has 144 valence electrons. The molecule has 1 fully saturated rings. The van der Waals surface area contributed by atoms with E-state index in [9.17, 15) is 4.79 Å². The number of aryl methyl sites for hydroxylation is 1. The second-order valence-electron chi connectivity index (χ2n) is 7.17. The molecule has 2 heterocycles. The van der Waals surface area contributed by atoms with E-state index < -0.39 is 0 Å². The second-order valence-corrected chi connectivity index (χ2v) is 7.17. The molecule has 1 aliphatic rings. The fourth-order valence-electron chi connectivity index (χ4n) is 3.39. The predicted molar refractivity (Wildman–Crippen MR) is 108 cm³/mol. The maximum Gasteiger partial charge on any atom is 0.252 e. The van der Waals surface area contributed by atoms with Gasteiger partial charge < -0.3 is 15.4 Å². The number of aromatic nitrogens is 1. The Kier molecular flexibility index (Phi) is 6.82. The Morgan fingerprint density at radius 3 is 2.74 bits per heavy atom. The van der Waals surface area contributed by atoms with Gasteiger partial charge in [0.25, 0.3) is 5.91 Å². The summed E-state index contributed by atoms with van der Waals surface area (Å²) in [6, 6.07) is 12.3. The van der Waals surface area contributed by atoms with Gasteiger partial charge in [-0.3, -0.25) is 4.79 Å². The predicted octanol–water partition coefficient (Wildman–Crippen LogP) is 4.11. The zero-order valence-electron chi connectivity index (χ0n) is 16.2. The van der Waals surface area contributed by atoms with Crippen molar-refractivity contribution in [1.29, 1.82) is 0 Å². The normalized spacial score (nSPS) is 19.5. The number of carbonyl (C=O) groups excluding carboxylic acids is 1. The van der Waals surface area contributed by atoms with Gasteiger partial charge in [0, 0.05) is 31.8 Å². The van der Waals surface area contributed by atoms with Crippen LogP contribution in [0.4, 0.5) is 5.82 Å². The number of rotatable bonds is 7. The maximum absolute atomic E-state index is 12.0. The van der Waals surface area contributed by atoms with E-state index in [2.05, 4.69) is 46.8 Å². The Bertz CT molecular complexity index is 728. The Labute approximate surface area is 161 Å². The number of carbonyl (C=O) groups is 1. The summed E-state index contributed by atoms with van der Waals surface area (Å²) in [6.07, 6.45) is 4.87. The smallest absolute Gasteiger partial charge is 0.252 e. The lowest BCUT2D eigenvalue weighted by atomic mass is 9.89. The fraction of sp³-hybridized carbons (Fsp3) is 0.455. The van der Waals surface area contributed by atoms with Crippen LogP contribution >= 0.6 is 0 Å². The van der Waals surface area contributed by atoms with Crippen molar-refractivity contribution in [1.82, 2.24) is 10.3 Å². The monoisotopic (exact) mass is 367 g/mol. The van der Waals surface area contributed by atoms with Crippen LogP contribution in [0.1, 0.15) is 53.8 Å². The van der Waals surface area contributed by atoms with E-state index in [0.717, 1.165) is 38.2 Å². The highest BCUT2D eigenvalue weighted by atomic mass is 16.5. The quantitative estimate of drug-likeness (QED) is 0.773. The van der Waals surface area contributed by atoms with Gasteiger partial charge >= 0.3 is 0 Å². The molecule has 27 heavy (non-hydrogen) atoms. The number of amides is 1. The number of hydrogen-bond donors (Lipinski definition) is 2. The summed E-state index contributed by atoms with van der Waals surface area (Å²) in [5.41, 5.74) is 3.09. The van der Waals surface area contributed by atoms with E-state index in [1.165, 1.54) is 11.1 Å². The topological polar surface area (TPSA) is 63.2 Å². The lowest BCUT2D eigenvalue weighted by Gasteiger charge is -2.32. The summed E-state index contributed by atoms with van der Waals surface area (Å²) in [7, 11) is 0. The van der Waals surface area contributed by atoms with Crippen LogP contribution in [0, 0.1) is 12.8 Å². The summed E-state index contributed by atoms with van der Waals surface area (Å²) >= 11 is 0. The van der Waals surface area contributed by atoms with Crippen LogP contribution in [0.2, 0.25) is 0 Å². The van der Waals surface area contributed by atoms with Gasteiger partial charge in [-0.2, -0.15) is 0 Å². The third-order valence-corrected chi connectivity index (χ3v) is 4.96. The Morgan fingerprint density at radius 2 is 2.04 bits per heavy atom. The summed E-state index contributed by atoms with van der Waals surface area (Å²) in [5, 5.41) is 6.28. The number of hydrogen-bond acceptors (Lipinski definition) is 4. The highest BCUT2D eigenvalue weighted by molar-refractivity contribution is 5.94. The molecule has 0 saturated carbocycles. The van der Waals surface area contributed by atoms with Crippen LogP contribution in [0.5, 0.6) is 0 Å². The average Bonchev–Trinajstić information content (AvgIpc) is 2.72. The maximum atomic E-state index is 12.0. The molecule has 0 radical (unpaired) electrons. The number of pyridine rings is 1. The molecule has 0 spiro atoms. The molecule has 3 rings (SSSR count). The van der Waals surface area contributed by atoms with Crippen molar-refractivity contribution in [2.75, 3.05) is 25.0 Å². The molecule has 5 nitrogen and oxygen atoms in total. The van der Waals surface area contributed by atoms with Crippen LogP contribution in [0.15, 0.2) is 42.6 Å². The highest BCUT2D eigenvalue weighted by Crippen LogP contribution is 2.33. The average molecular weight is 367 g/mol. The first-order chi connectivity index (χ1) is 13.2. The first kappa shape index (κ1) is 19.4. The first-order valence-corrected chi connectivity index (χ1v) is 9.83. The van der Waals surface area contributed by atoms with E-state index >= 15 is 0 Å². The standard InChI is InChI=1S/C22H29N3O2/c1-3-12-23-22(26)19-10-11-20(25-15-19)24-14-18-5-4-13-27-21(18)17-8-6-16(2)7-9-17/h6-11,15,18,21H,3-5,12-14H2,1-2H3,(H,23,26)(H,24,25). The summed E-state index contributed by atoms with van der Waals surface area (Å²) in [4.78, 5) is 16.3. The highest BCUT2D eigenvalue weighted by Gasteiger charge is 2.27. The number of ether oxygens (including phenoxy) is 1. The minimum atomic E-state index is -0.0731. The summed E-state index contributed by atoms with van der Waals surface area (Å²) in [6.45, 7) is 6.43. The second kappa shape index (κ2) is 9.51. The molecule has 5 heteroatoms. The fourth-order valence-corrected chi connectivity index (χ4v) is 3.39. The van der Waals surface area contributed by atoms with Crippen LogP contribution in [-0.2, 0) is 4.74 Å². The zero-order valence-corrected chi connectivity index (χ0v) is 16.2. The van der Waals surface area contributed by atoms with E-state index in [0.29, 0.717) is 18.0 Å². The third-order valence-electron chi connectivity index (χ3n) is 4.96. The van der Waals surface area contributed by atoms with Gasteiger partial charge in [-0.1, -0.05) is 36.8 Å². The Morgan fingerprint density at radius 1 is 1.22 bits per heavy atom. The molecule has 1 aromatic carbocycles. The van der Waals surface area contributed by atoms with Crippen molar-refractivity contribution in [3.8, 4) is 0 Å². The summed E-state index contributed by atoms with van der Waals surface area (Å²) < 4.78 is 6.08. The molecular formula is C22H29N3O2. The first-order valence-electron chi connectivity index (χ1n) is 9.83. The van der Waals surface area contributed by atoms with Crippen molar-refractivity contribution in [3.05, 3.63) is 59.3 Å². The SMILES string of the molecule is CCCNC(=O)c1ccc(NCC2CCCOC2c2ccc(C)cc2)nc1. The van der Waals surface area contributed by atoms with Gasteiger partial charge in [-0.25, -0.2) is 4.98 Å². The summed E-state index contributed by atoms with van der Waals surface area (Å²) in [5.74, 6) is 1.11. The Hall–Kier alpha value is -2.40.